The van der Waals surface area contributed by atoms with Crippen LogP contribution in [-0.2, 0) is 6.18 Å². The Labute approximate surface area is 110 Å². The number of halogens is 3. The third-order valence-electron chi connectivity index (χ3n) is 2.87. The number of anilines is 1. The van der Waals surface area contributed by atoms with E-state index in [2.05, 4.69) is 10.3 Å². The Hall–Kier alpha value is -1.77. The first kappa shape index (κ1) is 15.3. The second-order valence-corrected chi connectivity index (χ2v) is 4.61. The van der Waals surface area contributed by atoms with E-state index in [1.807, 2.05) is 26.8 Å². The van der Waals surface area contributed by atoms with Gasteiger partial charge in [-0.3, -0.25) is 0 Å². The molecular formula is C13H16F3N3. The van der Waals surface area contributed by atoms with Crippen LogP contribution in [0.5, 0.6) is 0 Å². The van der Waals surface area contributed by atoms with Gasteiger partial charge in [0, 0.05) is 6.04 Å². The molecule has 0 aliphatic rings. The predicted molar refractivity (Wildman–Crippen MR) is 66.5 cm³/mol. The Kier molecular flexibility index (Phi) is 4.76. The number of alkyl halides is 3. The standard InChI is InChI=1S/C13H16F3N3/c1-4-10(8(2)3)18-12-9(7-17)5-6-11(19-12)13(14,15)16/h5-6,8,10H,4H2,1-3H3,(H,18,19). The highest BCUT2D eigenvalue weighted by molar-refractivity contribution is 5.53. The fourth-order valence-electron chi connectivity index (χ4n) is 1.73. The van der Waals surface area contributed by atoms with E-state index in [1.54, 1.807) is 0 Å². The largest absolute Gasteiger partial charge is 0.433 e. The summed E-state index contributed by atoms with van der Waals surface area (Å²) >= 11 is 0. The average molecular weight is 271 g/mol. The summed E-state index contributed by atoms with van der Waals surface area (Å²) in [6.45, 7) is 5.85. The fraction of sp³-hybridized carbons (Fsp3) is 0.538. The molecule has 1 atom stereocenters. The van der Waals surface area contributed by atoms with E-state index < -0.39 is 11.9 Å². The highest BCUT2D eigenvalue weighted by Gasteiger charge is 2.33. The molecule has 0 aliphatic carbocycles. The zero-order valence-electron chi connectivity index (χ0n) is 11.0. The molecule has 1 rings (SSSR count). The smallest absolute Gasteiger partial charge is 0.366 e. The normalized spacial score (nSPS) is 13.2. The number of rotatable bonds is 4. The number of nitriles is 1. The van der Waals surface area contributed by atoms with Crippen molar-refractivity contribution in [2.75, 3.05) is 5.32 Å². The van der Waals surface area contributed by atoms with E-state index in [0.717, 1.165) is 18.6 Å². The van der Waals surface area contributed by atoms with Crippen LogP contribution in [0.3, 0.4) is 0 Å². The molecule has 0 bridgehead atoms. The van der Waals surface area contributed by atoms with E-state index in [4.69, 9.17) is 5.26 Å². The molecule has 1 unspecified atom stereocenters. The molecule has 6 heteroatoms. The molecule has 3 nitrogen and oxygen atoms in total. The lowest BCUT2D eigenvalue weighted by molar-refractivity contribution is -0.141. The SMILES string of the molecule is CCC(Nc1nc(C(F)(F)F)ccc1C#N)C(C)C. The molecule has 0 saturated heterocycles. The maximum absolute atomic E-state index is 12.6. The molecule has 1 heterocycles. The van der Waals surface area contributed by atoms with Crippen molar-refractivity contribution in [3.8, 4) is 6.07 Å². The molecule has 104 valence electrons. The van der Waals surface area contributed by atoms with Gasteiger partial charge in [-0.15, -0.1) is 0 Å². The van der Waals surface area contributed by atoms with Crippen molar-refractivity contribution in [3.63, 3.8) is 0 Å². The van der Waals surface area contributed by atoms with Crippen LogP contribution in [0.25, 0.3) is 0 Å². The molecule has 0 saturated carbocycles. The van der Waals surface area contributed by atoms with E-state index in [1.165, 1.54) is 0 Å². The summed E-state index contributed by atoms with van der Waals surface area (Å²) in [4.78, 5) is 3.53. The molecule has 1 aromatic rings. The van der Waals surface area contributed by atoms with E-state index in [0.29, 0.717) is 0 Å². The van der Waals surface area contributed by atoms with Crippen molar-refractivity contribution in [3.05, 3.63) is 23.4 Å². The highest BCUT2D eigenvalue weighted by Crippen LogP contribution is 2.29. The summed E-state index contributed by atoms with van der Waals surface area (Å²) < 4.78 is 37.8. The molecule has 0 aliphatic heterocycles. The van der Waals surface area contributed by atoms with Crippen LogP contribution >= 0.6 is 0 Å². The van der Waals surface area contributed by atoms with Crippen molar-refractivity contribution in [1.82, 2.24) is 4.98 Å². The zero-order chi connectivity index (χ0) is 14.6. The van der Waals surface area contributed by atoms with Gasteiger partial charge in [-0.25, -0.2) is 4.98 Å². The zero-order valence-corrected chi connectivity index (χ0v) is 11.0. The van der Waals surface area contributed by atoms with Gasteiger partial charge in [-0.1, -0.05) is 20.8 Å². The van der Waals surface area contributed by atoms with Crippen LogP contribution in [0.4, 0.5) is 19.0 Å². The molecule has 1 aromatic heterocycles. The summed E-state index contributed by atoms with van der Waals surface area (Å²) in [5.74, 6) is 0.228. The van der Waals surface area contributed by atoms with Crippen LogP contribution in [0, 0.1) is 17.2 Å². The van der Waals surface area contributed by atoms with E-state index >= 15 is 0 Å². The van der Waals surface area contributed by atoms with Gasteiger partial charge < -0.3 is 5.32 Å². The minimum absolute atomic E-state index is 0.00197. The van der Waals surface area contributed by atoms with E-state index in [-0.39, 0.29) is 23.3 Å². The number of hydrogen-bond donors (Lipinski definition) is 1. The highest BCUT2D eigenvalue weighted by atomic mass is 19.4. The third kappa shape index (κ3) is 3.85. The molecular weight excluding hydrogens is 255 g/mol. The number of pyridine rings is 1. The van der Waals surface area contributed by atoms with Crippen LogP contribution < -0.4 is 5.32 Å². The van der Waals surface area contributed by atoms with Crippen LogP contribution in [0.1, 0.15) is 38.4 Å². The monoisotopic (exact) mass is 271 g/mol. The maximum Gasteiger partial charge on any atom is 0.433 e. The first-order chi connectivity index (χ1) is 8.79. The average Bonchev–Trinajstić information content (AvgIpc) is 2.34. The predicted octanol–water partition coefficient (Wildman–Crippen LogP) is 3.82. The van der Waals surface area contributed by atoms with Crippen molar-refractivity contribution < 1.29 is 13.2 Å². The first-order valence-electron chi connectivity index (χ1n) is 6.04. The second kappa shape index (κ2) is 5.91. The third-order valence-corrected chi connectivity index (χ3v) is 2.87. The topological polar surface area (TPSA) is 48.7 Å². The molecule has 0 spiro atoms. The quantitative estimate of drug-likeness (QED) is 0.905. The van der Waals surface area contributed by atoms with Crippen LogP contribution in [0.2, 0.25) is 0 Å². The van der Waals surface area contributed by atoms with Gasteiger partial charge >= 0.3 is 6.18 Å². The lowest BCUT2D eigenvalue weighted by Gasteiger charge is -2.22. The summed E-state index contributed by atoms with van der Waals surface area (Å²) in [6, 6.07) is 3.79. The molecule has 0 amide bonds. The fourth-order valence-corrected chi connectivity index (χ4v) is 1.73. The minimum Gasteiger partial charge on any atom is -0.366 e. The minimum atomic E-state index is -4.51. The number of nitrogens with zero attached hydrogens (tertiary/aromatic N) is 2. The molecule has 0 fully saturated rings. The van der Waals surface area contributed by atoms with Gasteiger partial charge in [0.15, 0.2) is 0 Å². The van der Waals surface area contributed by atoms with Crippen LogP contribution in [-0.4, -0.2) is 11.0 Å². The second-order valence-electron chi connectivity index (χ2n) is 4.61. The van der Waals surface area contributed by atoms with Crippen LogP contribution in [0.15, 0.2) is 12.1 Å². The first-order valence-corrected chi connectivity index (χ1v) is 6.04. The van der Waals surface area contributed by atoms with Crippen molar-refractivity contribution in [2.45, 2.75) is 39.4 Å². The summed E-state index contributed by atoms with van der Waals surface area (Å²) in [5.41, 5.74) is -0.875. The Bertz CT molecular complexity index is 475. The molecule has 0 radical (unpaired) electrons. The Morgan fingerprint density at radius 1 is 1.37 bits per heavy atom. The number of hydrogen-bond acceptors (Lipinski definition) is 3. The van der Waals surface area contributed by atoms with Crippen molar-refractivity contribution in [2.24, 2.45) is 5.92 Å². The summed E-state index contributed by atoms with van der Waals surface area (Å²) in [6.07, 6.45) is -3.77. The Morgan fingerprint density at radius 2 is 2.00 bits per heavy atom. The Morgan fingerprint density at radius 3 is 2.42 bits per heavy atom. The summed E-state index contributed by atoms with van der Waals surface area (Å²) in [5, 5.41) is 11.9. The lowest BCUT2D eigenvalue weighted by atomic mass is 10.0. The van der Waals surface area contributed by atoms with Gasteiger partial charge in [0.25, 0.3) is 0 Å². The van der Waals surface area contributed by atoms with Gasteiger partial charge in [-0.2, -0.15) is 18.4 Å². The molecule has 19 heavy (non-hydrogen) atoms. The lowest BCUT2D eigenvalue weighted by Crippen LogP contribution is -2.26. The van der Waals surface area contributed by atoms with Gasteiger partial charge in [0.1, 0.15) is 17.6 Å². The van der Waals surface area contributed by atoms with Gasteiger partial charge in [0.2, 0.25) is 0 Å². The van der Waals surface area contributed by atoms with E-state index in [9.17, 15) is 13.2 Å². The van der Waals surface area contributed by atoms with Gasteiger partial charge in [-0.05, 0) is 24.5 Å². The van der Waals surface area contributed by atoms with Crippen molar-refractivity contribution >= 4 is 5.82 Å². The number of nitrogens with one attached hydrogen (secondary N) is 1. The van der Waals surface area contributed by atoms with Gasteiger partial charge in [0.05, 0.1) is 5.56 Å². The van der Waals surface area contributed by atoms with Crippen molar-refractivity contribution in [1.29, 1.82) is 5.26 Å². The Balaban J connectivity index is 3.14. The maximum atomic E-state index is 12.6. The number of aromatic nitrogens is 1. The molecule has 0 aromatic carbocycles. The molecule has 1 N–H and O–H groups in total. The summed E-state index contributed by atoms with van der Waals surface area (Å²) in [7, 11) is 0.